The number of hydrogen-bond donors (Lipinski definition) is 0. The van der Waals surface area contributed by atoms with Gasteiger partial charge in [-0.25, -0.2) is 4.68 Å². The van der Waals surface area contributed by atoms with Gasteiger partial charge in [0.15, 0.2) is 0 Å². The second-order valence-corrected chi connectivity index (χ2v) is 8.50. The molecule has 0 unspecified atom stereocenters. The molecule has 160 valence electrons. The zero-order chi connectivity index (χ0) is 20.9. The summed E-state index contributed by atoms with van der Waals surface area (Å²) in [6.45, 7) is 8.13. The van der Waals surface area contributed by atoms with Crippen LogP contribution in [0, 0.1) is 5.92 Å². The Morgan fingerprint density at radius 2 is 1.67 bits per heavy atom. The van der Waals surface area contributed by atoms with E-state index >= 15 is 0 Å². The summed E-state index contributed by atoms with van der Waals surface area (Å²) in [7, 11) is 0. The lowest BCUT2D eigenvalue weighted by atomic mass is 9.99. The molecular weight excluding hydrogens is 378 g/mol. The summed E-state index contributed by atoms with van der Waals surface area (Å²) >= 11 is 0. The first-order chi connectivity index (χ1) is 14.6. The molecule has 0 spiro atoms. The number of benzene rings is 1. The molecule has 2 fully saturated rings. The van der Waals surface area contributed by atoms with Crippen LogP contribution in [0.3, 0.4) is 0 Å². The van der Waals surface area contributed by atoms with Gasteiger partial charge in [0.2, 0.25) is 5.91 Å². The van der Waals surface area contributed by atoms with Crippen LogP contribution >= 0.6 is 0 Å². The molecule has 2 saturated heterocycles. The fourth-order valence-corrected chi connectivity index (χ4v) is 4.18. The van der Waals surface area contributed by atoms with E-state index in [1.54, 1.807) is 6.07 Å². The molecule has 0 atom stereocenters. The lowest BCUT2D eigenvalue weighted by Gasteiger charge is -2.35. The first-order valence-corrected chi connectivity index (χ1v) is 11.0. The average molecular weight is 410 g/mol. The zero-order valence-corrected chi connectivity index (χ0v) is 17.7. The Hall–Kier alpha value is -2.67. The van der Waals surface area contributed by atoms with Crippen molar-refractivity contribution in [3.8, 4) is 0 Å². The highest BCUT2D eigenvalue weighted by Gasteiger charge is 2.23. The number of aromatic nitrogens is 2. The molecule has 7 heteroatoms. The number of rotatable bonds is 5. The summed E-state index contributed by atoms with van der Waals surface area (Å²) in [6.07, 6.45) is 2.26. The molecule has 0 N–H and O–H groups in total. The minimum atomic E-state index is -0.222. The maximum Gasteiger partial charge on any atom is 0.267 e. The van der Waals surface area contributed by atoms with Crippen molar-refractivity contribution in [2.45, 2.75) is 32.9 Å². The Labute approximate surface area is 177 Å². The number of nitrogens with zero attached hydrogens (tertiary/aromatic N) is 5. The van der Waals surface area contributed by atoms with Gasteiger partial charge in [0.05, 0.1) is 0 Å². The Bertz CT molecular complexity index is 897. The minimum Gasteiger partial charge on any atom is -0.355 e. The van der Waals surface area contributed by atoms with Gasteiger partial charge in [0.1, 0.15) is 12.4 Å². The van der Waals surface area contributed by atoms with Crippen LogP contribution in [0.1, 0.15) is 25.3 Å². The van der Waals surface area contributed by atoms with Crippen LogP contribution in [0.2, 0.25) is 0 Å². The van der Waals surface area contributed by atoms with Gasteiger partial charge in [-0.05, 0) is 30.4 Å². The molecule has 0 saturated carbocycles. The lowest BCUT2D eigenvalue weighted by molar-refractivity contribution is -0.133. The van der Waals surface area contributed by atoms with E-state index in [1.807, 2.05) is 11.0 Å². The summed E-state index contributed by atoms with van der Waals surface area (Å²) in [5, 5.41) is 4.50. The number of piperazine rings is 1. The van der Waals surface area contributed by atoms with E-state index in [-0.39, 0.29) is 18.0 Å². The highest BCUT2D eigenvalue weighted by Crippen LogP contribution is 2.20. The number of carbonyl (C=O) groups excluding carboxylic acids is 1. The summed E-state index contributed by atoms with van der Waals surface area (Å²) in [5.41, 5.74) is 1.07. The predicted octanol–water partition coefficient (Wildman–Crippen LogP) is 1.82. The van der Waals surface area contributed by atoms with E-state index in [1.165, 1.54) is 16.3 Å². The van der Waals surface area contributed by atoms with Gasteiger partial charge in [-0.1, -0.05) is 37.3 Å². The number of piperidine rings is 1. The summed E-state index contributed by atoms with van der Waals surface area (Å²) in [5.74, 6) is 1.49. The number of amides is 1. The van der Waals surface area contributed by atoms with Gasteiger partial charge in [-0.2, -0.15) is 5.10 Å². The minimum absolute atomic E-state index is 0.00953. The molecule has 0 bridgehead atoms. The van der Waals surface area contributed by atoms with Gasteiger partial charge in [-0.3, -0.25) is 14.5 Å². The van der Waals surface area contributed by atoms with Crippen molar-refractivity contribution >= 4 is 11.7 Å². The van der Waals surface area contributed by atoms with E-state index in [4.69, 9.17) is 0 Å². The van der Waals surface area contributed by atoms with Crippen LogP contribution in [0.4, 0.5) is 5.82 Å². The van der Waals surface area contributed by atoms with Gasteiger partial charge in [0, 0.05) is 51.9 Å². The third-order valence-electron chi connectivity index (χ3n) is 6.22. The van der Waals surface area contributed by atoms with Gasteiger partial charge in [0.25, 0.3) is 5.56 Å². The summed E-state index contributed by atoms with van der Waals surface area (Å²) in [6, 6.07) is 13.7. The lowest BCUT2D eigenvalue weighted by Crippen LogP contribution is -2.49. The molecule has 1 aromatic carbocycles. The van der Waals surface area contributed by atoms with E-state index in [2.05, 4.69) is 46.1 Å². The summed E-state index contributed by atoms with van der Waals surface area (Å²) in [4.78, 5) is 31.5. The third-order valence-corrected chi connectivity index (χ3v) is 6.22. The van der Waals surface area contributed by atoms with Gasteiger partial charge < -0.3 is 9.80 Å². The number of hydrogen-bond acceptors (Lipinski definition) is 5. The largest absolute Gasteiger partial charge is 0.355 e. The predicted molar refractivity (Wildman–Crippen MR) is 117 cm³/mol. The van der Waals surface area contributed by atoms with E-state index in [0.717, 1.165) is 57.3 Å². The van der Waals surface area contributed by atoms with Crippen molar-refractivity contribution < 1.29 is 4.79 Å². The Kier molecular flexibility index (Phi) is 6.47. The van der Waals surface area contributed by atoms with Gasteiger partial charge in [-0.15, -0.1) is 0 Å². The first-order valence-electron chi connectivity index (χ1n) is 11.0. The number of anilines is 1. The second kappa shape index (κ2) is 9.43. The maximum atomic E-state index is 12.8. The van der Waals surface area contributed by atoms with Crippen LogP contribution < -0.4 is 10.5 Å². The first kappa shape index (κ1) is 20.6. The average Bonchev–Trinajstić information content (AvgIpc) is 2.77. The van der Waals surface area contributed by atoms with Gasteiger partial charge >= 0.3 is 0 Å². The van der Waals surface area contributed by atoms with Crippen LogP contribution in [0.25, 0.3) is 0 Å². The van der Waals surface area contributed by atoms with Crippen molar-refractivity contribution in [2.24, 2.45) is 5.92 Å². The maximum absolute atomic E-state index is 12.8. The molecule has 4 rings (SSSR count). The molecule has 1 aromatic heterocycles. The monoisotopic (exact) mass is 409 g/mol. The quantitative estimate of drug-likeness (QED) is 0.754. The van der Waals surface area contributed by atoms with Crippen LogP contribution in [-0.4, -0.2) is 64.8 Å². The van der Waals surface area contributed by atoms with Crippen molar-refractivity contribution in [1.29, 1.82) is 0 Å². The van der Waals surface area contributed by atoms with Crippen LogP contribution in [0.5, 0.6) is 0 Å². The normalized spacial score (nSPS) is 18.6. The molecule has 1 amide bonds. The van der Waals surface area contributed by atoms with E-state index in [9.17, 15) is 9.59 Å². The second-order valence-electron chi connectivity index (χ2n) is 8.50. The molecule has 30 heavy (non-hydrogen) atoms. The Balaban J connectivity index is 1.33. The number of carbonyl (C=O) groups is 1. The van der Waals surface area contributed by atoms with Crippen molar-refractivity contribution in [3.05, 3.63) is 58.4 Å². The summed E-state index contributed by atoms with van der Waals surface area (Å²) < 4.78 is 1.33. The highest BCUT2D eigenvalue weighted by molar-refractivity contribution is 5.76. The van der Waals surface area contributed by atoms with Crippen LogP contribution in [0.15, 0.2) is 47.3 Å². The highest BCUT2D eigenvalue weighted by atomic mass is 16.2. The molecule has 2 aromatic rings. The topological polar surface area (TPSA) is 61.7 Å². The fraction of sp³-hybridized carbons (Fsp3) is 0.522. The molecule has 0 radical (unpaired) electrons. The molecule has 2 aliphatic rings. The fourth-order valence-electron chi connectivity index (χ4n) is 4.18. The van der Waals surface area contributed by atoms with E-state index < -0.39 is 0 Å². The third kappa shape index (κ3) is 5.08. The van der Waals surface area contributed by atoms with Crippen molar-refractivity contribution in [1.82, 2.24) is 19.6 Å². The molecule has 7 nitrogen and oxygen atoms in total. The van der Waals surface area contributed by atoms with Crippen molar-refractivity contribution in [2.75, 3.05) is 44.2 Å². The SMILES string of the molecule is CC1CCN(c2ccc(=O)n(CC(=O)N3CCN(Cc4ccccc4)CC3)n2)CC1. The zero-order valence-electron chi connectivity index (χ0n) is 17.7. The molecular formula is C23H31N5O2. The molecule has 0 aliphatic carbocycles. The van der Waals surface area contributed by atoms with Crippen LogP contribution in [-0.2, 0) is 17.9 Å². The van der Waals surface area contributed by atoms with E-state index in [0.29, 0.717) is 13.1 Å². The molecule has 3 heterocycles. The van der Waals surface area contributed by atoms with Crippen molar-refractivity contribution in [3.63, 3.8) is 0 Å². The Morgan fingerprint density at radius 3 is 2.37 bits per heavy atom. The smallest absolute Gasteiger partial charge is 0.267 e. The Morgan fingerprint density at radius 1 is 0.967 bits per heavy atom. The standard InChI is InChI=1S/C23H31N5O2/c1-19-9-11-26(12-10-19)21-7-8-22(29)28(24-21)18-23(30)27-15-13-25(14-16-27)17-20-5-3-2-4-6-20/h2-8,19H,9-18H2,1H3. The molecule has 2 aliphatic heterocycles.